The van der Waals surface area contributed by atoms with Crippen LogP contribution in [-0.2, 0) is 0 Å². The number of rotatable bonds is 3. The molecule has 2 N–H and O–H groups in total. The second-order valence-electron chi connectivity index (χ2n) is 4.49. The van der Waals surface area contributed by atoms with Crippen molar-refractivity contribution >= 4 is 11.8 Å². The Morgan fingerprint density at radius 1 is 1.47 bits per heavy atom. The van der Waals surface area contributed by atoms with Gasteiger partial charge in [0.05, 0.1) is 0 Å². The molecule has 1 unspecified atom stereocenters. The van der Waals surface area contributed by atoms with Crippen LogP contribution in [0.25, 0.3) is 0 Å². The van der Waals surface area contributed by atoms with Crippen LogP contribution in [0.4, 0.5) is 0 Å². The van der Waals surface area contributed by atoms with Gasteiger partial charge in [-0.2, -0.15) is 11.8 Å². The van der Waals surface area contributed by atoms with Crippen LogP contribution in [0.15, 0.2) is 18.5 Å². The van der Waals surface area contributed by atoms with E-state index in [1.165, 1.54) is 29.1 Å². The van der Waals surface area contributed by atoms with E-state index in [1.807, 2.05) is 24.2 Å². The molecule has 0 amide bonds. The molecule has 3 nitrogen and oxygen atoms in total. The highest BCUT2D eigenvalue weighted by Crippen LogP contribution is 2.24. The molecule has 0 saturated carbocycles. The first-order valence-electron chi connectivity index (χ1n) is 6.25. The first kappa shape index (κ1) is 12.9. The third-order valence-electron chi connectivity index (χ3n) is 3.36. The van der Waals surface area contributed by atoms with E-state index in [1.54, 1.807) is 0 Å². The average molecular weight is 251 g/mol. The first-order chi connectivity index (χ1) is 8.33. The SMILES string of the molecule is Cc1ccncc1C(CN)N1CCCSCC1. The van der Waals surface area contributed by atoms with Crippen molar-refractivity contribution in [2.24, 2.45) is 5.73 Å². The molecule has 17 heavy (non-hydrogen) atoms. The number of hydrogen-bond donors (Lipinski definition) is 1. The van der Waals surface area contributed by atoms with E-state index in [0.29, 0.717) is 12.6 Å². The van der Waals surface area contributed by atoms with Crippen LogP contribution in [0, 0.1) is 6.92 Å². The second-order valence-corrected chi connectivity index (χ2v) is 5.71. The lowest BCUT2D eigenvalue weighted by molar-refractivity contribution is 0.217. The number of thioether (sulfide) groups is 1. The Morgan fingerprint density at radius 3 is 3.12 bits per heavy atom. The van der Waals surface area contributed by atoms with Crippen LogP contribution in [-0.4, -0.2) is 41.0 Å². The van der Waals surface area contributed by atoms with Crippen LogP contribution in [0.3, 0.4) is 0 Å². The van der Waals surface area contributed by atoms with Gasteiger partial charge >= 0.3 is 0 Å². The van der Waals surface area contributed by atoms with E-state index in [-0.39, 0.29) is 0 Å². The normalized spacial score (nSPS) is 19.9. The molecule has 1 aliphatic heterocycles. The summed E-state index contributed by atoms with van der Waals surface area (Å²) in [6, 6.07) is 2.41. The van der Waals surface area contributed by atoms with E-state index in [0.717, 1.165) is 13.1 Å². The van der Waals surface area contributed by atoms with Crippen molar-refractivity contribution in [3.8, 4) is 0 Å². The molecule has 4 heteroatoms. The summed E-state index contributed by atoms with van der Waals surface area (Å²) in [5, 5.41) is 0. The number of nitrogens with two attached hydrogens (primary N) is 1. The van der Waals surface area contributed by atoms with Crippen LogP contribution < -0.4 is 5.73 Å². The number of aryl methyl sites for hydroxylation is 1. The lowest BCUT2D eigenvalue weighted by Gasteiger charge is -2.30. The van der Waals surface area contributed by atoms with Gasteiger partial charge in [0.2, 0.25) is 0 Å². The molecule has 1 saturated heterocycles. The van der Waals surface area contributed by atoms with Crippen molar-refractivity contribution in [1.29, 1.82) is 0 Å². The quantitative estimate of drug-likeness (QED) is 0.890. The fraction of sp³-hybridized carbons (Fsp3) is 0.615. The van der Waals surface area contributed by atoms with Gasteiger partial charge in [-0.25, -0.2) is 0 Å². The zero-order chi connectivity index (χ0) is 12.1. The Morgan fingerprint density at radius 2 is 2.35 bits per heavy atom. The van der Waals surface area contributed by atoms with Gasteiger partial charge in [0.25, 0.3) is 0 Å². The van der Waals surface area contributed by atoms with E-state index in [4.69, 9.17) is 5.73 Å². The maximum atomic E-state index is 5.98. The highest BCUT2D eigenvalue weighted by Gasteiger charge is 2.21. The van der Waals surface area contributed by atoms with Crippen molar-refractivity contribution in [1.82, 2.24) is 9.88 Å². The molecule has 1 aromatic heterocycles. The molecule has 0 bridgehead atoms. The maximum Gasteiger partial charge on any atom is 0.0488 e. The predicted molar refractivity (Wildman–Crippen MR) is 74.3 cm³/mol. The van der Waals surface area contributed by atoms with Crippen molar-refractivity contribution in [3.05, 3.63) is 29.6 Å². The lowest BCUT2D eigenvalue weighted by Crippen LogP contribution is -2.35. The van der Waals surface area contributed by atoms with E-state index >= 15 is 0 Å². The first-order valence-corrected chi connectivity index (χ1v) is 7.40. The molecule has 2 rings (SSSR count). The summed E-state index contributed by atoms with van der Waals surface area (Å²) in [5.74, 6) is 2.50. The van der Waals surface area contributed by atoms with Gasteiger partial charge in [-0.3, -0.25) is 9.88 Å². The molecule has 0 radical (unpaired) electrons. The number of pyridine rings is 1. The summed E-state index contributed by atoms with van der Waals surface area (Å²) in [6.45, 7) is 5.12. The van der Waals surface area contributed by atoms with Crippen molar-refractivity contribution in [2.45, 2.75) is 19.4 Å². The summed E-state index contributed by atoms with van der Waals surface area (Å²) >= 11 is 2.05. The molecule has 1 aromatic rings. The minimum Gasteiger partial charge on any atom is -0.329 e. The van der Waals surface area contributed by atoms with E-state index in [2.05, 4.69) is 22.9 Å². The average Bonchev–Trinajstić information content (AvgIpc) is 2.62. The molecule has 1 aliphatic rings. The maximum absolute atomic E-state index is 5.98. The molecule has 1 fully saturated rings. The van der Waals surface area contributed by atoms with Crippen molar-refractivity contribution in [2.75, 3.05) is 31.1 Å². The fourth-order valence-corrected chi connectivity index (χ4v) is 3.28. The third kappa shape index (κ3) is 3.21. The van der Waals surface area contributed by atoms with Gasteiger partial charge in [-0.15, -0.1) is 0 Å². The monoisotopic (exact) mass is 251 g/mol. The number of nitrogens with zero attached hydrogens (tertiary/aromatic N) is 2. The molecular weight excluding hydrogens is 230 g/mol. The number of hydrogen-bond acceptors (Lipinski definition) is 4. The summed E-state index contributed by atoms with van der Waals surface area (Å²) in [5.41, 5.74) is 8.57. The van der Waals surface area contributed by atoms with Crippen LogP contribution >= 0.6 is 11.8 Å². The van der Waals surface area contributed by atoms with Gasteiger partial charge < -0.3 is 5.73 Å². The van der Waals surface area contributed by atoms with Crippen molar-refractivity contribution in [3.63, 3.8) is 0 Å². The summed E-state index contributed by atoms with van der Waals surface area (Å²) in [7, 11) is 0. The second kappa shape index (κ2) is 6.38. The Labute approximate surface area is 108 Å². The summed E-state index contributed by atoms with van der Waals surface area (Å²) in [6.07, 6.45) is 5.09. The minimum atomic E-state index is 0.336. The molecule has 0 aliphatic carbocycles. The minimum absolute atomic E-state index is 0.336. The smallest absolute Gasteiger partial charge is 0.0488 e. The fourth-order valence-electron chi connectivity index (χ4n) is 2.37. The van der Waals surface area contributed by atoms with Crippen LogP contribution in [0.1, 0.15) is 23.6 Å². The Bertz CT molecular complexity index is 348. The Hall–Kier alpha value is -0.580. The highest BCUT2D eigenvalue weighted by molar-refractivity contribution is 7.99. The lowest BCUT2D eigenvalue weighted by atomic mass is 10.0. The molecule has 1 atom stereocenters. The molecule has 94 valence electrons. The Kier molecular flexibility index (Phi) is 4.83. The molecule has 2 heterocycles. The van der Waals surface area contributed by atoms with Gasteiger partial charge in [0.1, 0.15) is 0 Å². The molecular formula is C13H21N3S. The molecule has 0 aromatic carbocycles. The predicted octanol–water partition coefficient (Wildman–Crippen LogP) is 1.83. The third-order valence-corrected chi connectivity index (χ3v) is 4.41. The van der Waals surface area contributed by atoms with E-state index < -0.39 is 0 Å². The van der Waals surface area contributed by atoms with E-state index in [9.17, 15) is 0 Å². The topological polar surface area (TPSA) is 42.1 Å². The van der Waals surface area contributed by atoms with Crippen LogP contribution in [0.2, 0.25) is 0 Å². The van der Waals surface area contributed by atoms with Gasteiger partial charge in [0.15, 0.2) is 0 Å². The van der Waals surface area contributed by atoms with Gasteiger partial charge in [0, 0.05) is 37.3 Å². The van der Waals surface area contributed by atoms with Gasteiger partial charge in [-0.1, -0.05) is 0 Å². The highest BCUT2D eigenvalue weighted by atomic mass is 32.2. The zero-order valence-corrected chi connectivity index (χ0v) is 11.2. The standard InChI is InChI=1S/C13H21N3S/c1-11-3-4-15-10-12(11)13(9-14)16-5-2-7-17-8-6-16/h3-4,10,13H,2,5-9,14H2,1H3. The van der Waals surface area contributed by atoms with Crippen LogP contribution in [0.5, 0.6) is 0 Å². The Balaban J connectivity index is 2.17. The largest absolute Gasteiger partial charge is 0.329 e. The zero-order valence-electron chi connectivity index (χ0n) is 10.4. The number of aromatic nitrogens is 1. The summed E-state index contributed by atoms with van der Waals surface area (Å²) in [4.78, 5) is 6.76. The van der Waals surface area contributed by atoms with Gasteiger partial charge in [-0.05, 0) is 42.8 Å². The van der Waals surface area contributed by atoms with Crippen molar-refractivity contribution < 1.29 is 0 Å². The summed E-state index contributed by atoms with van der Waals surface area (Å²) < 4.78 is 0. The molecule has 0 spiro atoms.